The van der Waals surface area contributed by atoms with E-state index in [1.807, 2.05) is 11.6 Å². The van der Waals surface area contributed by atoms with Gasteiger partial charge in [0.25, 0.3) is 0 Å². The highest BCUT2D eigenvalue weighted by atomic mass is 32.1. The Morgan fingerprint density at radius 2 is 2.27 bits per heavy atom. The lowest BCUT2D eigenvalue weighted by Crippen LogP contribution is -2.34. The molecule has 1 N–H and O–H groups in total. The molecule has 1 unspecified atom stereocenters. The zero-order chi connectivity index (χ0) is 10.5. The molecule has 0 aromatic carbocycles. The van der Waals surface area contributed by atoms with Gasteiger partial charge >= 0.3 is 0 Å². The lowest BCUT2D eigenvalue weighted by atomic mass is 9.84. The van der Waals surface area contributed by atoms with Gasteiger partial charge in [-0.2, -0.15) is 0 Å². The predicted molar refractivity (Wildman–Crippen MR) is 65.0 cm³/mol. The second kappa shape index (κ2) is 5.61. The fraction of sp³-hybridized carbons (Fsp3) is 0.750. The molecule has 1 atom stereocenters. The van der Waals surface area contributed by atoms with Crippen LogP contribution in [0, 0.1) is 5.92 Å². The third-order valence-corrected chi connectivity index (χ3v) is 4.20. The number of thiazole rings is 1. The first-order chi connectivity index (χ1) is 7.36. The van der Waals surface area contributed by atoms with Crippen molar-refractivity contribution < 1.29 is 0 Å². The molecular weight excluding hydrogens is 204 g/mol. The van der Waals surface area contributed by atoms with E-state index in [4.69, 9.17) is 0 Å². The maximum Gasteiger partial charge on any atom is 0.106 e. The minimum Gasteiger partial charge on any atom is -0.308 e. The molecule has 2 rings (SSSR count). The first kappa shape index (κ1) is 11.1. The highest BCUT2D eigenvalue weighted by Gasteiger charge is 2.19. The van der Waals surface area contributed by atoms with Crippen molar-refractivity contribution >= 4 is 11.3 Å². The molecule has 0 aliphatic heterocycles. The summed E-state index contributed by atoms with van der Waals surface area (Å²) in [5.41, 5.74) is 0. The number of nitrogens with one attached hydrogen (secondary N) is 1. The van der Waals surface area contributed by atoms with Gasteiger partial charge < -0.3 is 5.32 Å². The van der Waals surface area contributed by atoms with Gasteiger partial charge in [0.2, 0.25) is 0 Å². The van der Waals surface area contributed by atoms with Crippen molar-refractivity contribution in [2.45, 2.75) is 51.6 Å². The van der Waals surface area contributed by atoms with Crippen LogP contribution in [0.1, 0.15) is 44.0 Å². The van der Waals surface area contributed by atoms with Crippen molar-refractivity contribution in [2.24, 2.45) is 5.92 Å². The molecule has 1 aliphatic rings. The summed E-state index contributed by atoms with van der Waals surface area (Å²) in [6, 6.07) is 0.647. The first-order valence-electron chi connectivity index (χ1n) is 5.98. The van der Waals surface area contributed by atoms with Crippen LogP contribution in [0.15, 0.2) is 11.6 Å². The van der Waals surface area contributed by atoms with Crippen molar-refractivity contribution in [1.82, 2.24) is 10.3 Å². The maximum atomic E-state index is 4.29. The number of nitrogens with zero attached hydrogens (tertiary/aromatic N) is 1. The molecule has 84 valence electrons. The summed E-state index contributed by atoms with van der Waals surface area (Å²) < 4.78 is 0. The molecule has 1 aliphatic carbocycles. The average Bonchev–Trinajstić information content (AvgIpc) is 2.80. The van der Waals surface area contributed by atoms with E-state index in [0.717, 1.165) is 12.5 Å². The van der Waals surface area contributed by atoms with Crippen LogP contribution in [0.5, 0.6) is 0 Å². The third kappa shape index (κ3) is 3.28. The van der Waals surface area contributed by atoms with Gasteiger partial charge in [-0.25, -0.2) is 4.98 Å². The van der Waals surface area contributed by atoms with E-state index in [-0.39, 0.29) is 0 Å². The van der Waals surface area contributed by atoms with E-state index in [0.29, 0.717) is 6.04 Å². The van der Waals surface area contributed by atoms with Gasteiger partial charge in [-0.15, -0.1) is 11.3 Å². The Bertz CT molecular complexity index is 265. The molecule has 1 saturated carbocycles. The predicted octanol–water partition coefficient (Wildman–Crippen LogP) is 3.20. The van der Waals surface area contributed by atoms with Gasteiger partial charge in [0, 0.05) is 24.2 Å². The Morgan fingerprint density at radius 3 is 2.93 bits per heavy atom. The third-order valence-electron chi connectivity index (χ3n) is 3.42. The summed E-state index contributed by atoms with van der Waals surface area (Å²) in [6.45, 7) is 3.26. The van der Waals surface area contributed by atoms with E-state index < -0.39 is 0 Å². The average molecular weight is 224 g/mol. The van der Waals surface area contributed by atoms with Gasteiger partial charge in [-0.05, 0) is 25.7 Å². The monoisotopic (exact) mass is 224 g/mol. The lowest BCUT2D eigenvalue weighted by Gasteiger charge is -2.28. The number of hydrogen-bond donors (Lipinski definition) is 1. The van der Waals surface area contributed by atoms with Gasteiger partial charge in [-0.3, -0.25) is 0 Å². The number of rotatable bonds is 4. The van der Waals surface area contributed by atoms with E-state index in [1.165, 1.54) is 37.1 Å². The molecule has 0 spiro atoms. The number of aromatic nitrogens is 1. The van der Waals surface area contributed by atoms with Crippen LogP contribution < -0.4 is 5.32 Å². The Balaban J connectivity index is 1.74. The SMILES string of the molecule is CC(NCc1nccs1)C1CCCCC1. The van der Waals surface area contributed by atoms with Crippen LogP contribution in [-0.4, -0.2) is 11.0 Å². The van der Waals surface area contributed by atoms with Crippen molar-refractivity contribution in [2.75, 3.05) is 0 Å². The van der Waals surface area contributed by atoms with Crippen LogP contribution in [0.25, 0.3) is 0 Å². The summed E-state index contributed by atoms with van der Waals surface area (Å²) >= 11 is 1.74. The van der Waals surface area contributed by atoms with Crippen molar-refractivity contribution in [3.05, 3.63) is 16.6 Å². The Kier molecular flexibility index (Phi) is 4.15. The van der Waals surface area contributed by atoms with Crippen LogP contribution in [0.2, 0.25) is 0 Å². The molecule has 3 heteroatoms. The molecule has 15 heavy (non-hydrogen) atoms. The van der Waals surface area contributed by atoms with Crippen LogP contribution >= 0.6 is 11.3 Å². The summed E-state index contributed by atoms with van der Waals surface area (Å²) in [6.07, 6.45) is 8.99. The largest absolute Gasteiger partial charge is 0.308 e. The minimum atomic E-state index is 0.647. The van der Waals surface area contributed by atoms with Crippen LogP contribution in [0.3, 0.4) is 0 Å². The van der Waals surface area contributed by atoms with Crippen molar-refractivity contribution in [3.63, 3.8) is 0 Å². The van der Waals surface area contributed by atoms with Crippen molar-refractivity contribution in [1.29, 1.82) is 0 Å². The van der Waals surface area contributed by atoms with Gasteiger partial charge in [0.15, 0.2) is 0 Å². The first-order valence-corrected chi connectivity index (χ1v) is 6.86. The Hall–Kier alpha value is -0.410. The normalized spacial score (nSPS) is 20.3. The van der Waals surface area contributed by atoms with Gasteiger partial charge in [-0.1, -0.05) is 19.3 Å². The second-order valence-electron chi connectivity index (χ2n) is 4.49. The summed E-state index contributed by atoms with van der Waals surface area (Å²) in [5.74, 6) is 0.888. The molecule has 1 heterocycles. The second-order valence-corrected chi connectivity index (χ2v) is 5.47. The molecule has 2 nitrogen and oxygen atoms in total. The smallest absolute Gasteiger partial charge is 0.106 e. The molecule has 0 saturated heterocycles. The van der Waals surface area contributed by atoms with E-state index >= 15 is 0 Å². The fourth-order valence-electron chi connectivity index (χ4n) is 2.39. The summed E-state index contributed by atoms with van der Waals surface area (Å²) in [4.78, 5) is 4.29. The molecule has 1 aromatic rings. The van der Waals surface area contributed by atoms with E-state index in [2.05, 4.69) is 17.2 Å². The Labute approximate surface area is 96.1 Å². The lowest BCUT2D eigenvalue weighted by molar-refractivity contribution is 0.280. The highest BCUT2D eigenvalue weighted by Crippen LogP contribution is 2.26. The van der Waals surface area contributed by atoms with Crippen LogP contribution in [-0.2, 0) is 6.54 Å². The summed E-state index contributed by atoms with van der Waals surface area (Å²) in [5, 5.41) is 6.85. The van der Waals surface area contributed by atoms with Crippen LogP contribution in [0.4, 0.5) is 0 Å². The van der Waals surface area contributed by atoms with E-state index in [1.54, 1.807) is 11.3 Å². The number of hydrogen-bond acceptors (Lipinski definition) is 3. The minimum absolute atomic E-state index is 0.647. The molecule has 0 radical (unpaired) electrons. The fourth-order valence-corrected chi connectivity index (χ4v) is 2.96. The molecule has 1 aromatic heterocycles. The van der Waals surface area contributed by atoms with Crippen molar-refractivity contribution in [3.8, 4) is 0 Å². The highest BCUT2D eigenvalue weighted by molar-refractivity contribution is 7.09. The summed E-state index contributed by atoms with van der Waals surface area (Å²) in [7, 11) is 0. The molecule has 1 fully saturated rings. The molecule has 0 amide bonds. The Morgan fingerprint density at radius 1 is 1.47 bits per heavy atom. The van der Waals surface area contributed by atoms with E-state index in [9.17, 15) is 0 Å². The zero-order valence-corrected chi connectivity index (χ0v) is 10.2. The standard InChI is InChI=1S/C12H20N2S/c1-10(11-5-3-2-4-6-11)14-9-12-13-7-8-15-12/h7-8,10-11,14H,2-6,9H2,1H3. The molecular formula is C12H20N2S. The quantitative estimate of drug-likeness (QED) is 0.849. The zero-order valence-electron chi connectivity index (χ0n) is 9.41. The van der Waals surface area contributed by atoms with Gasteiger partial charge in [0.05, 0.1) is 0 Å². The molecule has 0 bridgehead atoms. The maximum absolute atomic E-state index is 4.29. The van der Waals surface area contributed by atoms with Gasteiger partial charge in [0.1, 0.15) is 5.01 Å². The topological polar surface area (TPSA) is 24.9 Å².